The molecule has 3 rings (SSSR count). The third-order valence-electron chi connectivity index (χ3n) is 4.97. The molecule has 5 heteroatoms. The fraction of sp³-hybridized carbons (Fsp3) is 0.474. The maximum absolute atomic E-state index is 13.4. The molecule has 2 unspecified atom stereocenters. The number of likely N-dealkylation sites (tertiary alicyclic amines) is 1. The Bertz CT molecular complexity index is 805. The number of nitrogens with zero attached hydrogens (tertiary/aromatic N) is 1. The molecule has 0 radical (unpaired) electrons. The Morgan fingerprint density at radius 2 is 1.96 bits per heavy atom. The summed E-state index contributed by atoms with van der Waals surface area (Å²) in [5.74, 6) is -0.249. The van der Waals surface area contributed by atoms with Crippen LogP contribution in [-0.2, 0) is 11.2 Å². The second-order valence-electron chi connectivity index (χ2n) is 6.79. The van der Waals surface area contributed by atoms with Gasteiger partial charge in [0.05, 0.1) is 0 Å². The highest BCUT2D eigenvalue weighted by Gasteiger charge is 2.28. The molecule has 1 amide bonds. The molecule has 1 aromatic heterocycles. The van der Waals surface area contributed by atoms with E-state index in [1.54, 1.807) is 12.1 Å². The topological polar surface area (TPSA) is 53.2 Å². The minimum Gasteiger partial charge on any atom is -0.337 e. The normalized spacial score (nSPS) is 21.2. The molecule has 0 aliphatic carbocycles. The summed E-state index contributed by atoms with van der Waals surface area (Å²) in [6, 6.07) is 6.47. The van der Waals surface area contributed by atoms with Crippen molar-refractivity contribution in [2.45, 2.75) is 58.0 Å². The van der Waals surface area contributed by atoms with E-state index in [1.165, 1.54) is 12.1 Å². The average molecular weight is 330 g/mol. The van der Waals surface area contributed by atoms with Crippen LogP contribution in [0.4, 0.5) is 4.39 Å². The maximum atomic E-state index is 13.4. The Morgan fingerprint density at radius 1 is 1.25 bits per heavy atom. The number of aromatic amines is 1. The van der Waals surface area contributed by atoms with E-state index in [1.807, 2.05) is 4.90 Å². The van der Waals surface area contributed by atoms with Crippen LogP contribution in [0.1, 0.15) is 45.1 Å². The number of piperidine rings is 1. The van der Waals surface area contributed by atoms with Gasteiger partial charge in [-0.2, -0.15) is 0 Å². The number of carbonyl (C=O) groups excluding carboxylic acids is 1. The Labute approximate surface area is 140 Å². The number of aromatic nitrogens is 1. The van der Waals surface area contributed by atoms with Gasteiger partial charge in [-0.05, 0) is 63.8 Å². The number of H-pyrrole nitrogens is 1. The molecule has 1 aromatic carbocycles. The first kappa shape index (κ1) is 16.7. The number of aryl methyl sites for hydroxylation is 1. The van der Waals surface area contributed by atoms with Crippen LogP contribution in [0.5, 0.6) is 0 Å². The third kappa shape index (κ3) is 3.35. The molecular weight excluding hydrogens is 307 g/mol. The van der Waals surface area contributed by atoms with Gasteiger partial charge >= 0.3 is 0 Å². The summed E-state index contributed by atoms with van der Waals surface area (Å²) in [4.78, 5) is 29.5. The number of hydrogen-bond acceptors (Lipinski definition) is 2. The van der Waals surface area contributed by atoms with Crippen LogP contribution in [0.3, 0.4) is 0 Å². The Balaban J connectivity index is 1.76. The molecule has 128 valence electrons. The van der Waals surface area contributed by atoms with Gasteiger partial charge < -0.3 is 9.88 Å². The van der Waals surface area contributed by atoms with Crippen LogP contribution < -0.4 is 5.56 Å². The zero-order valence-corrected chi connectivity index (χ0v) is 14.1. The Kier molecular flexibility index (Phi) is 4.69. The zero-order valence-electron chi connectivity index (χ0n) is 14.1. The monoisotopic (exact) mass is 330 g/mol. The Morgan fingerprint density at radius 3 is 2.67 bits per heavy atom. The first-order valence-corrected chi connectivity index (χ1v) is 8.58. The van der Waals surface area contributed by atoms with Crippen LogP contribution in [-0.4, -0.2) is 27.9 Å². The largest absolute Gasteiger partial charge is 0.337 e. The summed E-state index contributed by atoms with van der Waals surface area (Å²) >= 11 is 0. The third-order valence-corrected chi connectivity index (χ3v) is 4.97. The van der Waals surface area contributed by atoms with Gasteiger partial charge in [-0.25, -0.2) is 4.39 Å². The summed E-state index contributed by atoms with van der Waals surface area (Å²) < 4.78 is 13.4. The molecule has 0 saturated carbocycles. The van der Waals surface area contributed by atoms with Crippen LogP contribution in [0.2, 0.25) is 0 Å². The minimum absolute atomic E-state index is 0.0911. The molecule has 2 aromatic rings. The molecule has 1 N–H and O–H groups in total. The quantitative estimate of drug-likeness (QED) is 0.938. The molecular formula is C19H23FN2O2. The smallest absolute Gasteiger partial charge is 0.251 e. The molecule has 1 saturated heterocycles. The maximum Gasteiger partial charge on any atom is 0.251 e. The number of nitrogens with one attached hydrogen (secondary N) is 1. The van der Waals surface area contributed by atoms with Crippen molar-refractivity contribution < 1.29 is 9.18 Å². The summed E-state index contributed by atoms with van der Waals surface area (Å²) in [7, 11) is 0. The number of rotatable bonds is 3. The van der Waals surface area contributed by atoms with Gasteiger partial charge in [0.1, 0.15) is 5.82 Å². The number of pyridine rings is 1. The van der Waals surface area contributed by atoms with E-state index in [9.17, 15) is 14.0 Å². The lowest BCUT2D eigenvalue weighted by Gasteiger charge is -2.39. The van der Waals surface area contributed by atoms with Crippen molar-refractivity contribution in [3.05, 3.63) is 46.0 Å². The summed E-state index contributed by atoms with van der Waals surface area (Å²) in [5, 5.41) is 0.650. The highest BCUT2D eigenvalue weighted by molar-refractivity contribution is 5.80. The number of fused-ring (bicyclic) bond motifs is 1. The van der Waals surface area contributed by atoms with Crippen LogP contribution in [0, 0.1) is 5.82 Å². The lowest BCUT2D eigenvalue weighted by Crippen LogP contribution is -2.47. The standard InChI is InChI=1S/C19H23FN2O2/c1-12-4-3-5-13(2)22(12)18(23)9-6-14-10-15-11-16(20)7-8-17(15)21-19(14)24/h7-8,10-13H,3-6,9H2,1-2H3,(H,21,24). The van der Waals surface area contributed by atoms with Gasteiger partial charge in [-0.1, -0.05) is 0 Å². The van der Waals surface area contributed by atoms with Crippen LogP contribution in [0.15, 0.2) is 29.1 Å². The van der Waals surface area contributed by atoms with E-state index in [-0.39, 0.29) is 29.4 Å². The van der Waals surface area contributed by atoms with E-state index in [4.69, 9.17) is 0 Å². The summed E-state index contributed by atoms with van der Waals surface area (Å²) in [5.41, 5.74) is 0.926. The van der Waals surface area contributed by atoms with Crippen LogP contribution >= 0.6 is 0 Å². The molecule has 2 atom stereocenters. The van der Waals surface area contributed by atoms with Crippen molar-refractivity contribution in [2.75, 3.05) is 0 Å². The van der Waals surface area contributed by atoms with Crippen molar-refractivity contribution >= 4 is 16.8 Å². The second kappa shape index (κ2) is 6.75. The van der Waals surface area contributed by atoms with Crippen molar-refractivity contribution in [2.24, 2.45) is 0 Å². The number of carbonyl (C=O) groups is 1. The number of halogens is 1. The van der Waals surface area contributed by atoms with Crippen molar-refractivity contribution in [3.63, 3.8) is 0 Å². The molecule has 1 aliphatic rings. The fourth-order valence-electron chi connectivity index (χ4n) is 3.69. The van der Waals surface area contributed by atoms with E-state index < -0.39 is 0 Å². The highest BCUT2D eigenvalue weighted by atomic mass is 19.1. The molecule has 1 aliphatic heterocycles. The first-order valence-electron chi connectivity index (χ1n) is 8.58. The van der Waals surface area contributed by atoms with E-state index >= 15 is 0 Å². The predicted molar refractivity (Wildman–Crippen MR) is 92.5 cm³/mol. The molecule has 1 fully saturated rings. The first-order chi connectivity index (χ1) is 11.5. The molecule has 0 bridgehead atoms. The SMILES string of the molecule is CC1CCCC(C)N1C(=O)CCc1cc2cc(F)ccc2[nH]c1=O. The average Bonchev–Trinajstić information content (AvgIpc) is 2.53. The van der Waals surface area contributed by atoms with Gasteiger partial charge in [0, 0.05) is 35.0 Å². The summed E-state index contributed by atoms with van der Waals surface area (Å²) in [6.45, 7) is 4.17. The molecule has 2 heterocycles. The molecule has 0 spiro atoms. The molecule has 4 nitrogen and oxygen atoms in total. The Hall–Kier alpha value is -2.17. The van der Waals surface area contributed by atoms with E-state index in [0.717, 1.165) is 19.3 Å². The van der Waals surface area contributed by atoms with Crippen molar-refractivity contribution in [1.82, 2.24) is 9.88 Å². The van der Waals surface area contributed by atoms with Crippen molar-refractivity contribution in [3.8, 4) is 0 Å². The molecule has 24 heavy (non-hydrogen) atoms. The van der Waals surface area contributed by atoms with Crippen LogP contribution in [0.25, 0.3) is 10.9 Å². The highest BCUT2D eigenvalue weighted by Crippen LogP contribution is 2.23. The summed E-state index contributed by atoms with van der Waals surface area (Å²) in [6.07, 6.45) is 3.90. The second-order valence-corrected chi connectivity index (χ2v) is 6.79. The lowest BCUT2D eigenvalue weighted by molar-refractivity contribution is -0.137. The number of hydrogen-bond donors (Lipinski definition) is 1. The zero-order chi connectivity index (χ0) is 17.3. The van der Waals surface area contributed by atoms with E-state index in [2.05, 4.69) is 18.8 Å². The van der Waals surface area contributed by atoms with Gasteiger partial charge in [0.2, 0.25) is 5.91 Å². The number of amides is 1. The van der Waals surface area contributed by atoms with Gasteiger partial charge in [0.25, 0.3) is 5.56 Å². The van der Waals surface area contributed by atoms with Crippen molar-refractivity contribution in [1.29, 1.82) is 0 Å². The van der Waals surface area contributed by atoms with E-state index in [0.29, 0.717) is 29.3 Å². The number of benzene rings is 1. The fourth-order valence-corrected chi connectivity index (χ4v) is 3.69. The predicted octanol–water partition coefficient (Wildman–Crippen LogP) is 3.39. The minimum atomic E-state index is -0.340. The van der Waals surface area contributed by atoms with Gasteiger partial charge in [0.15, 0.2) is 0 Å². The lowest BCUT2D eigenvalue weighted by atomic mass is 9.96. The van der Waals surface area contributed by atoms with Gasteiger partial charge in [-0.15, -0.1) is 0 Å². The van der Waals surface area contributed by atoms with Gasteiger partial charge in [-0.3, -0.25) is 9.59 Å².